The maximum atomic E-state index is 10.7. The molecular formula is C17H16O3. The second-order valence-electron chi connectivity index (χ2n) is 5.35. The lowest BCUT2D eigenvalue weighted by Gasteiger charge is -2.20. The Hall–Kier alpha value is -2.00. The van der Waals surface area contributed by atoms with E-state index in [1.807, 2.05) is 36.4 Å². The summed E-state index contributed by atoms with van der Waals surface area (Å²) in [7, 11) is 0. The third-order valence-electron chi connectivity index (χ3n) is 4.09. The molecule has 2 heterocycles. The predicted octanol–water partition coefficient (Wildman–Crippen LogP) is 2.66. The lowest BCUT2D eigenvalue weighted by Crippen LogP contribution is -2.23. The highest BCUT2D eigenvalue weighted by molar-refractivity contribution is 5.46. The summed E-state index contributed by atoms with van der Waals surface area (Å²) in [6.07, 6.45) is 0.765. The van der Waals surface area contributed by atoms with Crippen LogP contribution in [-0.4, -0.2) is 17.8 Å². The summed E-state index contributed by atoms with van der Waals surface area (Å²) >= 11 is 0. The van der Waals surface area contributed by atoms with E-state index in [9.17, 15) is 5.11 Å². The lowest BCUT2D eigenvalue weighted by atomic mass is 9.97. The van der Waals surface area contributed by atoms with E-state index in [0.717, 1.165) is 35.5 Å². The van der Waals surface area contributed by atoms with Crippen LogP contribution < -0.4 is 9.47 Å². The largest absolute Gasteiger partial charge is 0.493 e. The van der Waals surface area contributed by atoms with Crippen molar-refractivity contribution in [3.8, 4) is 11.5 Å². The van der Waals surface area contributed by atoms with Crippen LogP contribution in [0, 0.1) is 0 Å². The second-order valence-corrected chi connectivity index (χ2v) is 5.35. The zero-order valence-corrected chi connectivity index (χ0v) is 11.1. The average Bonchev–Trinajstić information content (AvgIpc) is 3.12. The summed E-state index contributed by atoms with van der Waals surface area (Å²) in [6, 6.07) is 13.9. The van der Waals surface area contributed by atoms with Crippen LogP contribution in [-0.2, 0) is 12.8 Å². The van der Waals surface area contributed by atoms with Gasteiger partial charge in [0.15, 0.2) is 0 Å². The topological polar surface area (TPSA) is 38.7 Å². The molecule has 3 heteroatoms. The van der Waals surface area contributed by atoms with Crippen LogP contribution in [0.25, 0.3) is 0 Å². The lowest BCUT2D eigenvalue weighted by molar-refractivity contribution is 0.0474. The Morgan fingerprint density at radius 3 is 2.80 bits per heavy atom. The Kier molecular flexibility index (Phi) is 2.67. The highest BCUT2D eigenvalue weighted by Crippen LogP contribution is 2.39. The predicted molar refractivity (Wildman–Crippen MR) is 75.2 cm³/mol. The van der Waals surface area contributed by atoms with Gasteiger partial charge in [0.1, 0.15) is 23.7 Å². The summed E-state index contributed by atoms with van der Waals surface area (Å²) in [5.74, 6) is 1.73. The summed E-state index contributed by atoms with van der Waals surface area (Å²) in [5.41, 5.74) is 3.18. The van der Waals surface area contributed by atoms with Gasteiger partial charge >= 0.3 is 0 Å². The quantitative estimate of drug-likeness (QED) is 0.910. The van der Waals surface area contributed by atoms with Gasteiger partial charge in [0.2, 0.25) is 0 Å². The van der Waals surface area contributed by atoms with Crippen LogP contribution >= 0.6 is 0 Å². The molecule has 4 rings (SSSR count). The number of fused-ring (bicyclic) bond motifs is 2. The van der Waals surface area contributed by atoms with Crippen molar-refractivity contribution in [2.45, 2.75) is 25.0 Å². The molecule has 2 aromatic carbocycles. The first-order valence-electron chi connectivity index (χ1n) is 7.00. The van der Waals surface area contributed by atoms with Crippen molar-refractivity contribution in [3.05, 3.63) is 59.2 Å². The molecule has 0 aliphatic carbocycles. The number of aliphatic hydroxyl groups is 1. The molecule has 3 nitrogen and oxygen atoms in total. The molecule has 0 amide bonds. The summed E-state index contributed by atoms with van der Waals surface area (Å²) < 4.78 is 11.5. The summed E-state index contributed by atoms with van der Waals surface area (Å²) in [6.45, 7) is 0.699. The zero-order valence-electron chi connectivity index (χ0n) is 11.1. The van der Waals surface area contributed by atoms with Gasteiger partial charge in [-0.05, 0) is 17.2 Å². The molecular weight excluding hydrogens is 252 g/mol. The van der Waals surface area contributed by atoms with Crippen molar-refractivity contribution < 1.29 is 14.6 Å². The Morgan fingerprint density at radius 2 is 1.90 bits per heavy atom. The Balaban J connectivity index is 1.64. The molecule has 102 valence electrons. The monoisotopic (exact) mass is 268 g/mol. The highest BCUT2D eigenvalue weighted by atomic mass is 16.5. The SMILES string of the molecule is OC(c1cccc2c1OCC2)C1Cc2ccccc2O1. The fourth-order valence-corrected chi connectivity index (χ4v) is 3.06. The van der Waals surface area contributed by atoms with Crippen molar-refractivity contribution in [2.75, 3.05) is 6.61 Å². The van der Waals surface area contributed by atoms with Gasteiger partial charge in [0, 0.05) is 18.4 Å². The van der Waals surface area contributed by atoms with Gasteiger partial charge in [-0.25, -0.2) is 0 Å². The van der Waals surface area contributed by atoms with Crippen LogP contribution in [0.3, 0.4) is 0 Å². The van der Waals surface area contributed by atoms with Gasteiger partial charge in [-0.2, -0.15) is 0 Å². The van der Waals surface area contributed by atoms with Crippen LogP contribution in [0.1, 0.15) is 22.8 Å². The third kappa shape index (κ3) is 1.78. The fourth-order valence-electron chi connectivity index (χ4n) is 3.06. The first kappa shape index (κ1) is 11.8. The van der Waals surface area contributed by atoms with Gasteiger partial charge in [0.05, 0.1) is 6.61 Å². The molecule has 2 aromatic rings. The van der Waals surface area contributed by atoms with Crippen LogP contribution in [0.4, 0.5) is 0 Å². The average molecular weight is 268 g/mol. The molecule has 0 saturated carbocycles. The molecule has 0 saturated heterocycles. The van der Waals surface area contributed by atoms with E-state index in [1.54, 1.807) is 0 Å². The Bertz CT molecular complexity index is 625. The minimum atomic E-state index is -0.657. The van der Waals surface area contributed by atoms with Gasteiger partial charge < -0.3 is 14.6 Å². The molecule has 2 aliphatic heterocycles. The third-order valence-corrected chi connectivity index (χ3v) is 4.09. The van der Waals surface area contributed by atoms with Crippen molar-refractivity contribution in [3.63, 3.8) is 0 Å². The number of para-hydroxylation sites is 2. The highest BCUT2D eigenvalue weighted by Gasteiger charge is 2.32. The smallest absolute Gasteiger partial charge is 0.133 e. The molecule has 2 unspecified atom stereocenters. The molecule has 0 radical (unpaired) electrons. The summed E-state index contributed by atoms with van der Waals surface area (Å²) in [4.78, 5) is 0. The van der Waals surface area contributed by atoms with E-state index in [0.29, 0.717) is 6.61 Å². The molecule has 0 bridgehead atoms. The second kappa shape index (κ2) is 4.53. The van der Waals surface area contributed by atoms with Gasteiger partial charge in [-0.1, -0.05) is 36.4 Å². The maximum absolute atomic E-state index is 10.7. The molecule has 0 spiro atoms. The number of benzene rings is 2. The molecule has 2 aliphatic rings. The van der Waals surface area contributed by atoms with Crippen molar-refractivity contribution >= 4 is 0 Å². The van der Waals surface area contributed by atoms with Gasteiger partial charge in [-0.3, -0.25) is 0 Å². The molecule has 0 fully saturated rings. The Morgan fingerprint density at radius 1 is 1.05 bits per heavy atom. The number of aliphatic hydroxyl groups excluding tert-OH is 1. The summed E-state index contributed by atoms with van der Waals surface area (Å²) in [5, 5.41) is 10.7. The van der Waals surface area contributed by atoms with E-state index in [-0.39, 0.29) is 6.10 Å². The fraction of sp³-hybridized carbons (Fsp3) is 0.294. The van der Waals surface area contributed by atoms with E-state index in [4.69, 9.17) is 9.47 Å². The number of rotatable bonds is 2. The minimum Gasteiger partial charge on any atom is -0.493 e. The van der Waals surface area contributed by atoms with E-state index in [1.165, 1.54) is 5.56 Å². The van der Waals surface area contributed by atoms with Crippen molar-refractivity contribution in [1.82, 2.24) is 0 Å². The number of ether oxygens (including phenoxy) is 2. The standard InChI is InChI=1S/C17H16O3/c18-16(13-6-3-5-11-8-9-19-17(11)13)15-10-12-4-1-2-7-14(12)20-15/h1-7,15-16,18H,8-10H2. The number of hydrogen-bond donors (Lipinski definition) is 1. The number of hydrogen-bond acceptors (Lipinski definition) is 3. The van der Waals surface area contributed by atoms with E-state index < -0.39 is 6.10 Å². The minimum absolute atomic E-state index is 0.233. The normalized spacial score (nSPS) is 20.8. The molecule has 20 heavy (non-hydrogen) atoms. The molecule has 2 atom stereocenters. The van der Waals surface area contributed by atoms with Crippen LogP contribution in [0.15, 0.2) is 42.5 Å². The van der Waals surface area contributed by atoms with E-state index >= 15 is 0 Å². The van der Waals surface area contributed by atoms with Gasteiger partial charge in [0.25, 0.3) is 0 Å². The maximum Gasteiger partial charge on any atom is 0.133 e. The van der Waals surface area contributed by atoms with E-state index in [2.05, 4.69) is 6.07 Å². The zero-order chi connectivity index (χ0) is 13.5. The molecule has 0 aromatic heterocycles. The Labute approximate surface area is 117 Å². The first-order chi connectivity index (χ1) is 9.83. The van der Waals surface area contributed by atoms with Gasteiger partial charge in [-0.15, -0.1) is 0 Å². The van der Waals surface area contributed by atoms with Crippen LogP contribution in [0.5, 0.6) is 11.5 Å². The van der Waals surface area contributed by atoms with Crippen molar-refractivity contribution in [2.24, 2.45) is 0 Å². The molecule has 1 N–H and O–H groups in total. The van der Waals surface area contributed by atoms with Crippen LogP contribution in [0.2, 0.25) is 0 Å². The first-order valence-corrected chi connectivity index (χ1v) is 7.00. The van der Waals surface area contributed by atoms with Crippen molar-refractivity contribution in [1.29, 1.82) is 0 Å².